The Hall–Kier alpha value is -2.37. The largest absolute Gasteiger partial charge is 0.328 e. The summed E-state index contributed by atoms with van der Waals surface area (Å²) in [4.78, 5) is 26.4. The van der Waals surface area contributed by atoms with E-state index in [1.165, 1.54) is 0 Å². The summed E-state index contributed by atoms with van der Waals surface area (Å²) in [6, 6.07) is 13.3. The minimum absolute atomic E-state index is 0.00291. The van der Waals surface area contributed by atoms with E-state index in [0.29, 0.717) is 18.0 Å². The predicted octanol–water partition coefficient (Wildman–Crippen LogP) is 3.50. The van der Waals surface area contributed by atoms with Crippen LogP contribution in [0.4, 0.5) is 11.4 Å². The fraction of sp³-hybridized carbons (Fsp3) is 0.333. The average molecular weight is 384 g/mol. The number of carbonyl (C=O) groups is 2. The van der Waals surface area contributed by atoms with Gasteiger partial charge in [0.1, 0.15) is 0 Å². The van der Waals surface area contributed by atoms with Gasteiger partial charge in [0.15, 0.2) is 0 Å². The highest BCUT2D eigenvalue weighted by molar-refractivity contribution is 6.31. The van der Waals surface area contributed by atoms with Crippen molar-refractivity contribution in [3.05, 3.63) is 58.6 Å². The van der Waals surface area contributed by atoms with Crippen molar-refractivity contribution in [2.24, 2.45) is 11.7 Å². The van der Waals surface area contributed by atoms with Crippen molar-refractivity contribution in [2.75, 3.05) is 10.2 Å². The maximum Gasteiger partial charge on any atom is 0.231 e. The van der Waals surface area contributed by atoms with Crippen molar-refractivity contribution in [1.82, 2.24) is 0 Å². The normalized spacial score (nSPS) is 21.4. The first kappa shape index (κ1) is 18.0. The van der Waals surface area contributed by atoms with E-state index in [1.54, 1.807) is 4.90 Å². The third-order valence-electron chi connectivity index (χ3n) is 5.39. The number of anilines is 2. The topological polar surface area (TPSA) is 75.4 Å². The Bertz CT molecular complexity index is 881. The van der Waals surface area contributed by atoms with E-state index in [9.17, 15) is 9.59 Å². The molecule has 0 radical (unpaired) electrons. The molecule has 4 rings (SSSR count). The molecule has 0 aromatic heterocycles. The molecule has 6 heteroatoms. The summed E-state index contributed by atoms with van der Waals surface area (Å²) in [7, 11) is 0. The van der Waals surface area contributed by atoms with Crippen molar-refractivity contribution >= 4 is 34.8 Å². The summed E-state index contributed by atoms with van der Waals surface area (Å²) in [6.45, 7) is 0.484. The molecule has 1 aliphatic heterocycles. The molecule has 2 aromatic rings. The molecular formula is C21H22ClN3O2. The number of halogens is 1. The number of hydrogen-bond donors (Lipinski definition) is 2. The van der Waals surface area contributed by atoms with Crippen LogP contribution in [0.5, 0.6) is 0 Å². The van der Waals surface area contributed by atoms with Gasteiger partial charge in [-0.2, -0.15) is 0 Å². The van der Waals surface area contributed by atoms with Crippen molar-refractivity contribution in [1.29, 1.82) is 0 Å². The lowest BCUT2D eigenvalue weighted by Crippen LogP contribution is -2.26. The van der Waals surface area contributed by atoms with E-state index in [4.69, 9.17) is 17.3 Å². The molecule has 2 unspecified atom stereocenters. The Morgan fingerprint density at radius 3 is 2.67 bits per heavy atom. The summed E-state index contributed by atoms with van der Waals surface area (Å²) in [6.07, 6.45) is 2.92. The summed E-state index contributed by atoms with van der Waals surface area (Å²) < 4.78 is 0. The lowest BCUT2D eigenvalue weighted by molar-refractivity contribution is -0.119. The zero-order valence-corrected chi connectivity index (χ0v) is 15.7. The molecule has 2 aliphatic rings. The van der Waals surface area contributed by atoms with Crippen molar-refractivity contribution in [2.45, 2.75) is 38.3 Å². The van der Waals surface area contributed by atoms with Gasteiger partial charge in [0.05, 0.1) is 13.0 Å². The number of hydrogen-bond acceptors (Lipinski definition) is 3. The van der Waals surface area contributed by atoms with E-state index < -0.39 is 0 Å². The zero-order valence-electron chi connectivity index (χ0n) is 15.0. The van der Waals surface area contributed by atoms with Gasteiger partial charge < -0.3 is 16.0 Å². The SMILES string of the molecule is NC1CCC(C(=O)Nc2ccc(CN3C(=O)Cc4ccc(Cl)cc43)cc2)C1. The average Bonchev–Trinajstić information content (AvgIpc) is 3.21. The molecule has 0 saturated heterocycles. The molecule has 3 N–H and O–H groups in total. The van der Waals surface area contributed by atoms with Crippen LogP contribution in [0.2, 0.25) is 5.02 Å². The van der Waals surface area contributed by atoms with Gasteiger partial charge in [-0.15, -0.1) is 0 Å². The molecule has 2 aromatic carbocycles. The molecule has 140 valence electrons. The van der Waals surface area contributed by atoms with Crippen LogP contribution in [-0.4, -0.2) is 17.9 Å². The van der Waals surface area contributed by atoms with Gasteiger partial charge in [-0.1, -0.05) is 29.8 Å². The first-order valence-electron chi connectivity index (χ1n) is 9.24. The number of nitrogens with zero attached hydrogens (tertiary/aromatic N) is 1. The molecule has 1 aliphatic carbocycles. The molecular weight excluding hydrogens is 362 g/mol. The van der Waals surface area contributed by atoms with Crippen LogP contribution in [0, 0.1) is 5.92 Å². The first-order valence-corrected chi connectivity index (χ1v) is 9.61. The number of nitrogens with two attached hydrogens (primary N) is 1. The molecule has 1 heterocycles. The van der Waals surface area contributed by atoms with Gasteiger partial charge in [-0.25, -0.2) is 0 Å². The molecule has 1 fully saturated rings. The van der Waals surface area contributed by atoms with Crippen molar-refractivity contribution in [3.63, 3.8) is 0 Å². The van der Waals surface area contributed by atoms with Gasteiger partial charge in [-0.05, 0) is 54.7 Å². The predicted molar refractivity (Wildman–Crippen MR) is 107 cm³/mol. The second kappa shape index (κ2) is 7.33. The van der Waals surface area contributed by atoms with Gasteiger partial charge in [0.2, 0.25) is 11.8 Å². The van der Waals surface area contributed by atoms with E-state index in [2.05, 4.69) is 5.32 Å². The Balaban J connectivity index is 1.42. The molecule has 27 heavy (non-hydrogen) atoms. The summed E-state index contributed by atoms with van der Waals surface area (Å²) in [5, 5.41) is 3.59. The van der Waals surface area contributed by atoms with E-state index in [1.807, 2.05) is 42.5 Å². The Morgan fingerprint density at radius 1 is 1.19 bits per heavy atom. The van der Waals surface area contributed by atoms with Gasteiger partial charge in [0, 0.05) is 28.4 Å². The van der Waals surface area contributed by atoms with E-state index in [-0.39, 0.29) is 23.8 Å². The second-order valence-electron chi connectivity index (χ2n) is 7.39. The summed E-state index contributed by atoms with van der Waals surface area (Å²) >= 11 is 6.09. The Morgan fingerprint density at radius 2 is 1.96 bits per heavy atom. The van der Waals surface area contributed by atoms with Crippen LogP contribution in [0.15, 0.2) is 42.5 Å². The molecule has 2 atom stereocenters. The van der Waals surface area contributed by atoms with Crippen LogP contribution in [0.3, 0.4) is 0 Å². The monoisotopic (exact) mass is 383 g/mol. The lowest BCUT2D eigenvalue weighted by Gasteiger charge is -2.18. The minimum Gasteiger partial charge on any atom is -0.328 e. The van der Waals surface area contributed by atoms with Crippen molar-refractivity contribution in [3.8, 4) is 0 Å². The Kier molecular flexibility index (Phi) is 4.89. The molecule has 0 spiro atoms. The van der Waals surface area contributed by atoms with Crippen molar-refractivity contribution < 1.29 is 9.59 Å². The minimum atomic E-state index is 0.00291. The molecule has 0 bridgehead atoms. The maximum absolute atomic E-state index is 12.3. The van der Waals surface area contributed by atoms with Crippen LogP contribution in [0.25, 0.3) is 0 Å². The summed E-state index contributed by atoms with van der Waals surface area (Å²) in [5.41, 5.74) is 9.53. The third-order valence-corrected chi connectivity index (χ3v) is 5.62. The standard InChI is InChI=1S/C21H22ClN3O2/c22-16-5-3-14-10-20(26)25(19(14)11-16)12-13-1-7-18(8-2-13)24-21(27)15-4-6-17(23)9-15/h1-3,5,7-8,11,15,17H,4,6,9-10,12,23H2,(H,24,27). The smallest absolute Gasteiger partial charge is 0.231 e. The number of rotatable bonds is 4. The number of fused-ring (bicyclic) bond motifs is 1. The summed E-state index contributed by atoms with van der Waals surface area (Å²) in [5.74, 6) is 0.111. The van der Waals surface area contributed by atoms with Crippen LogP contribution >= 0.6 is 11.6 Å². The molecule has 2 amide bonds. The van der Waals surface area contributed by atoms with E-state index in [0.717, 1.165) is 41.8 Å². The highest BCUT2D eigenvalue weighted by atomic mass is 35.5. The van der Waals surface area contributed by atoms with Gasteiger partial charge >= 0.3 is 0 Å². The van der Waals surface area contributed by atoms with Crippen LogP contribution in [-0.2, 0) is 22.6 Å². The molecule has 1 saturated carbocycles. The number of carbonyl (C=O) groups excluding carboxylic acids is 2. The van der Waals surface area contributed by atoms with Crippen LogP contribution in [0.1, 0.15) is 30.4 Å². The first-order chi connectivity index (χ1) is 13.0. The third kappa shape index (κ3) is 3.84. The molecule has 5 nitrogen and oxygen atoms in total. The fourth-order valence-electron chi connectivity index (χ4n) is 3.88. The van der Waals surface area contributed by atoms with Crippen LogP contribution < -0.4 is 16.0 Å². The lowest BCUT2D eigenvalue weighted by atomic mass is 10.1. The second-order valence-corrected chi connectivity index (χ2v) is 7.82. The van der Waals surface area contributed by atoms with E-state index >= 15 is 0 Å². The maximum atomic E-state index is 12.3. The van der Waals surface area contributed by atoms with Gasteiger partial charge in [-0.3, -0.25) is 9.59 Å². The number of nitrogens with one attached hydrogen (secondary N) is 1. The quantitative estimate of drug-likeness (QED) is 0.848. The Labute approximate surface area is 163 Å². The highest BCUT2D eigenvalue weighted by Crippen LogP contribution is 2.33. The zero-order chi connectivity index (χ0) is 19.0. The van der Waals surface area contributed by atoms with Gasteiger partial charge in [0.25, 0.3) is 0 Å². The number of amides is 2. The number of benzene rings is 2. The highest BCUT2D eigenvalue weighted by Gasteiger charge is 2.28. The fourth-order valence-corrected chi connectivity index (χ4v) is 4.05.